The van der Waals surface area contributed by atoms with Crippen LogP contribution in [0.4, 0.5) is 5.69 Å². The first kappa shape index (κ1) is 38.7. The second-order valence-electron chi connectivity index (χ2n) is 7.96. The van der Waals surface area contributed by atoms with Crippen molar-refractivity contribution in [3.05, 3.63) is 29.8 Å². The van der Waals surface area contributed by atoms with E-state index >= 15 is 0 Å². The molecule has 1 aromatic rings. The summed E-state index contributed by atoms with van der Waals surface area (Å²) >= 11 is 0. The zero-order chi connectivity index (χ0) is 24.3. The van der Waals surface area contributed by atoms with Crippen molar-refractivity contribution in [2.75, 3.05) is 32.8 Å². The van der Waals surface area contributed by atoms with Crippen LogP contribution in [0.25, 0.3) is 0 Å². The maximum absolute atomic E-state index is 12.2. The van der Waals surface area contributed by atoms with Gasteiger partial charge in [-0.05, 0) is 75.9 Å². The van der Waals surface area contributed by atoms with E-state index in [-0.39, 0.29) is 55.0 Å². The molecule has 10 N–H and O–H groups in total. The third-order valence-corrected chi connectivity index (χ3v) is 5.04. The highest BCUT2D eigenvalue weighted by Gasteiger charge is 2.19. The molecule has 0 radical (unpaired) electrons. The van der Waals surface area contributed by atoms with Gasteiger partial charge in [0.15, 0.2) is 5.96 Å². The molecule has 0 aliphatic heterocycles. The molecule has 210 valence electrons. The lowest BCUT2D eigenvalue weighted by molar-refractivity contribution is -0.130. The number of guanidine groups is 1. The molecule has 0 aliphatic carbocycles. The van der Waals surface area contributed by atoms with Gasteiger partial charge in [-0.25, -0.2) is 4.99 Å². The fourth-order valence-electron chi connectivity index (χ4n) is 3.20. The van der Waals surface area contributed by atoms with Crippen LogP contribution in [0.2, 0.25) is 0 Å². The Balaban J connectivity index is -0.00000363. The standard InChI is InChI=1S/C23H41N7O3.3ClH/c24-13-6-15-27-14-4-5-16-28-22(33)20(17-31)30-21(32)8-3-1-2-7-18-9-11-19(12-10-18)29-23(25)26;;;/h9-12,20,27,31H,1-8,13-17,24H2,(H,28,33)(H,30,32)(H4,25,26,29);3*1H/t20-;;;/m0.../s1. The normalized spacial score (nSPS) is 10.6. The van der Waals surface area contributed by atoms with Crippen molar-refractivity contribution in [1.82, 2.24) is 16.0 Å². The van der Waals surface area contributed by atoms with Crippen LogP contribution in [-0.4, -0.2) is 61.7 Å². The van der Waals surface area contributed by atoms with E-state index in [9.17, 15) is 14.7 Å². The molecule has 1 atom stereocenters. The monoisotopic (exact) mass is 571 g/mol. The smallest absolute Gasteiger partial charge is 0.244 e. The maximum Gasteiger partial charge on any atom is 0.244 e. The number of aryl methyl sites for hydroxylation is 1. The number of nitrogens with two attached hydrogens (primary N) is 3. The summed E-state index contributed by atoms with van der Waals surface area (Å²) in [5.41, 5.74) is 18.0. The van der Waals surface area contributed by atoms with E-state index in [0.29, 0.717) is 25.2 Å². The Bertz CT molecular complexity index is 721. The number of carbonyl (C=O) groups is 2. The first-order chi connectivity index (χ1) is 16.0. The number of amides is 2. The number of carbonyl (C=O) groups excluding carboxylic acids is 2. The highest BCUT2D eigenvalue weighted by Crippen LogP contribution is 2.15. The van der Waals surface area contributed by atoms with Gasteiger partial charge in [-0.15, -0.1) is 37.2 Å². The lowest BCUT2D eigenvalue weighted by Crippen LogP contribution is -2.49. The van der Waals surface area contributed by atoms with Gasteiger partial charge in [0.25, 0.3) is 0 Å². The number of aliphatic hydroxyl groups is 1. The van der Waals surface area contributed by atoms with Gasteiger partial charge in [0, 0.05) is 13.0 Å². The van der Waals surface area contributed by atoms with Crippen LogP contribution in [0.1, 0.15) is 50.5 Å². The molecular weight excluding hydrogens is 529 g/mol. The molecular formula is C23H44Cl3N7O3. The molecule has 0 heterocycles. The highest BCUT2D eigenvalue weighted by molar-refractivity contribution is 5.87. The average molecular weight is 573 g/mol. The van der Waals surface area contributed by atoms with Gasteiger partial charge in [0.2, 0.25) is 11.8 Å². The summed E-state index contributed by atoms with van der Waals surface area (Å²) in [6, 6.07) is 6.78. The first-order valence-corrected chi connectivity index (χ1v) is 11.7. The number of hydrogen-bond donors (Lipinski definition) is 7. The Kier molecular flexibility index (Phi) is 26.7. The van der Waals surface area contributed by atoms with Crippen LogP contribution in [0.3, 0.4) is 0 Å². The van der Waals surface area contributed by atoms with E-state index in [1.807, 2.05) is 24.3 Å². The van der Waals surface area contributed by atoms with E-state index < -0.39 is 12.6 Å². The van der Waals surface area contributed by atoms with E-state index in [2.05, 4.69) is 20.9 Å². The first-order valence-electron chi connectivity index (χ1n) is 11.7. The zero-order valence-corrected chi connectivity index (χ0v) is 23.2. The fraction of sp³-hybridized carbons (Fsp3) is 0.609. The van der Waals surface area contributed by atoms with Crippen LogP contribution in [0.5, 0.6) is 0 Å². The van der Waals surface area contributed by atoms with E-state index in [1.54, 1.807) is 0 Å². The Morgan fingerprint density at radius 1 is 0.889 bits per heavy atom. The number of halogens is 3. The van der Waals surface area contributed by atoms with Crippen LogP contribution in [0.15, 0.2) is 29.3 Å². The fourth-order valence-corrected chi connectivity index (χ4v) is 3.20. The van der Waals surface area contributed by atoms with E-state index in [4.69, 9.17) is 17.2 Å². The van der Waals surface area contributed by atoms with Gasteiger partial charge < -0.3 is 38.3 Å². The number of hydrogen-bond acceptors (Lipinski definition) is 6. The van der Waals surface area contributed by atoms with Crippen LogP contribution in [0, 0.1) is 0 Å². The summed E-state index contributed by atoms with van der Waals surface area (Å²) in [4.78, 5) is 28.3. The summed E-state index contributed by atoms with van der Waals surface area (Å²) in [5, 5.41) is 18.1. The van der Waals surface area contributed by atoms with Gasteiger partial charge in [0.1, 0.15) is 6.04 Å². The second-order valence-corrected chi connectivity index (χ2v) is 7.96. The Morgan fingerprint density at radius 3 is 2.14 bits per heavy atom. The minimum atomic E-state index is -0.913. The number of aliphatic imine (C=N–C) groups is 1. The van der Waals surface area contributed by atoms with Crippen molar-refractivity contribution in [3.8, 4) is 0 Å². The van der Waals surface area contributed by atoms with Crippen LogP contribution >= 0.6 is 37.2 Å². The molecule has 10 nitrogen and oxygen atoms in total. The molecule has 0 spiro atoms. The molecule has 2 amide bonds. The molecule has 0 saturated carbocycles. The van der Waals surface area contributed by atoms with Gasteiger partial charge in [0.05, 0.1) is 12.3 Å². The summed E-state index contributed by atoms with van der Waals surface area (Å²) in [6.07, 6.45) is 6.47. The SMILES string of the molecule is Cl.Cl.Cl.NCCCNCCCCNC(=O)[C@H](CO)NC(=O)CCCCCc1ccc(N=C(N)N)cc1. The third-order valence-electron chi connectivity index (χ3n) is 5.04. The largest absolute Gasteiger partial charge is 0.394 e. The number of nitrogens with zero attached hydrogens (tertiary/aromatic N) is 1. The van der Waals surface area contributed by atoms with Crippen LogP contribution < -0.4 is 33.2 Å². The predicted molar refractivity (Wildman–Crippen MR) is 154 cm³/mol. The third kappa shape index (κ3) is 19.4. The van der Waals surface area contributed by atoms with Crippen molar-refractivity contribution in [2.45, 2.75) is 57.4 Å². The highest BCUT2D eigenvalue weighted by atomic mass is 35.5. The van der Waals surface area contributed by atoms with E-state index in [1.165, 1.54) is 5.56 Å². The number of aliphatic hydroxyl groups excluding tert-OH is 1. The number of nitrogens with one attached hydrogen (secondary N) is 3. The molecule has 0 fully saturated rings. The number of benzene rings is 1. The van der Waals surface area contributed by atoms with E-state index in [0.717, 1.165) is 58.0 Å². The van der Waals surface area contributed by atoms with Gasteiger partial charge in [-0.3, -0.25) is 9.59 Å². The lowest BCUT2D eigenvalue weighted by atomic mass is 10.1. The average Bonchev–Trinajstić information content (AvgIpc) is 2.79. The second kappa shape index (κ2) is 24.9. The lowest BCUT2D eigenvalue weighted by Gasteiger charge is -2.16. The minimum Gasteiger partial charge on any atom is -0.394 e. The van der Waals surface area contributed by atoms with Crippen molar-refractivity contribution < 1.29 is 14.7 Å². The Labute approximate surface area is 233 Å². The van der Waals surface area contributed by atoms with Crippen LogP contribution in [-0.2, 0) is 16.0 Å². The molecule has 0 unspecified atom stereocenters. The van der Waals surface area contributed by atoms with Crippen molar-refractivity contribution in [1.29, 1.82) is 0 Å². The summed E-state index contributed by atoms with van der Waals surface area (Å²) in [7, 11) is 0. The molecule has 13 heteroatoms. The quantitative estimate of drug-likeness (QED) is 0.0785. The Morgan fingerprint density at radius 2 is 1.53 bits per heavy atom. The number of rotatable bonds is 18. The topological polar surface area (TPSA) is 181 Å². The molecule has 0 aliphatic rings. The zero-order valence-electron chi connectivity index (χ0n) is 20.7. The summed E-state index contributed by atoms with van der Waals surface area (Å²) < 4.78 is 0. The number of unbranched alkanes of at least 4 members (excludes halogenated alkanes) is 3. The van der Waals surface area contributed by atoms with Gasteiger partial charge >= 0.3 is 0 Å². The maximum atomic E-state index is 12.2. The molecule has 0 bridgehead atoms. The Hall–Kier alpha value is -1.82. The van der Waals surface area contributed by atoms with Crippen molar-refractivity contribution >= 4 is 60.7 Å². The molecule has 0 saturated heterocycles. The molecule has 0 aromatic heterocycles. The summed E-state index contributed by atoms with van der Waals surface area (Å²) in [5.74, 6) is -0.551. The molecule has 1 rings (SSSR count). The molecule has 1 aromatic carbocycles. The summed E-state index contributed by atoms with van der Waals surface area (Å²) in [6.45, 7) is 2.54. The molecule has 36 heavy (non-hydrogen) atoms. The van der Waals surface area contributed by atoms with Crippen molar-refractivity contribution in [3.63, 3.8) is 0 Å². The predicted octanol–water partition coefficient (Wildman–Crippen LogP) is 1.27. The van der Waals surface area contributed by atoms with Crippen molar-refractivity contribution in [2.24, 2.45) is 22.2 Å². The minimum absolute atomic E-state index is 0. The van der Waals surface area contributed by atoms with Gasteiger partial charge in [-0.2, -0.15) is 0 Å². The van der Waals surface area contributed by atoms with Gasteiger partial charge in [-0.1, -0.05) is 18.6 Å².